The van der Waals surface area contributed by atoms with Crippen LogP contribution in [0.3, 0.4) is 0 Å². The summed E-state index contributed by atoms with van der Waals surface area (Å²) in [6, 6.07) is 17.5. The van der Waals surface area contributed by atoms with Gasteiger partial charge in [0.1, 0.15) is 11.6 Å². The molecular formula is C22H17F3N2O. The lowest BCUT2D eigenvalue weighted by Crippen LogP contribution is -2.23. The first-order valence-corrected chi connectivity index (χ1v) is 8.68. The predicted octanol–water partition coefficient (Wildman–Crippen LogP) is 5.03. The van der Waals surface area contributed by atoms with Gasteiger partial charge >= 0.3 is 6.18 Å². The van der Waals surface area contributed by atoms with Crippen LogP contribution in [-0.2, 0) is 19.0 Å². The first-order chi connectivity index (χ1) is 13.3. The molecule has 28 heavy (non-hydrogen) atoms. The number of alkyl halides is 3. The molecule has 2 aromatic carbocycles. The molecule has 6 heteroatoms. The number of nitrogens with one attached hydrogen (secondary N) is 1. The van der Waals surface area contributed by atoms with Crippen LogP contribution in [-0.4, -0.2) is 4.98 Å². The predicted molar refractivity (Wildman–Crippen MR) is 101 cm³/mol. The van der Waals surface area contributed by atoms with E-state index in [0.29, 0.717) is 12.0 Å². The molecule has 3 nitrogen and oxygen atoms in total. The zero-order chi connectivity index (χ0) is 20.3. The SMILES string of the molecule is Cc1cccc(-c2[nH]c(=O)c(C#N)c(C(F)(F)F)c2CCc2ccccc2)c1. The molecule has 0 atom stereocenters. The van der Waals surface area contributed by atoms with Gasteiger partial charge in [-0.1, -0.05) is 54.1 Å². The molecule has 0 saturated heterocycles. The van der Waals surface area contributed by atoms with Crippen molar-refractivity contribution in [2.75, 3.05) is 0 Å². The van der Waals surface area contributed by atoms with Crippen LogP contribution < -0.4 is 5.56 Å². The molecule has 0 aliphatic rings. The average molecular weight is 382 g/mol. The van der Waals surface area contributed by atoms with Gasteiger partial charge in [-0.2, -0.15) is 18.4 Å². The van der Waals surface area contributed by atoms with Gasteiger partial charge in [-0.15, -0.1) is 0 Å². The Bertz CT molecular complexity index is 1090. The highest BCUT2D eigenvalue weighted by molar-refractivity contribution is 5.67. The van der Waals surface area contributed by atoms with Crippen LogP contribution in [0, 0.1) is 18.3 Å². The second-order valence-electron chi connectivity index (χ2n) is 6.52. The molecule has 0 radical (unpaired) electrons. The Morgan fingerprint density at radius 3 is 2.36 bits per heavy atom. The van der Waals surface area contributed by atoms with E-state index in [-0.39, 0.29) is 17.7 Å². The first-order valence-electron chi connectivity index (χ1n) is 8.68. The summed E-state index contributed by atoms with van der Waals surface area (Å²) in [5.74, 6) is 0. The van der Waals surface area contributed by atoms with E-state index in [0.717, 1.165) is 11.1 Å². The largest absolute Gasteiger partial charge is 0.418 e. The molecule has 3 aromatic rings. The number of rotatable bonds is 4. The molecule has 0 aliphatic heterocycles. The molecule has 0 unspecified atom stereocenters. The molecule has 0 aliphatic carbocycles. The minimum absolute atomic E-state index is 0.0353. The smallest absolute Gasteiger partial charge is 0.321 e. The number of benzene rings is 2. The Morgan fingerprint density at radius 2 is 1.75 bits per heavy atom. The summed E-state index contributed by atoms with van der Waals surface area (Å²) in [4.78, 5) is 14.8. The lowest BCUT2D eigenvalue weighted by Gasteiger charge is -2.18. The van der Waals surface area contributed by atoms with E-state index in [1.54, 1.807) is 18.2 Å². The van der Waals surface area contributed by atoms with Crippen LogP contribution in [0.4, 0.5) is 13.2 Å². The van der Waals surface area contributed by atoms with E-state index in [2.05, 4.69) is 4.98 Å². The van der Waals surface area contributed by atoms with E-state index in [9.17, 15) is 23.2 Å². The van der Waals surface area contributed by atoms with Gasteiger partial charge < -0.3 is 4.98 Å². The van der Waals surface area contributed by atoms with Crippen LogP contribution >= 0.6 is 0 Å². The van der Waals surface area contributed by atoms with Crippen LogP contribution in [0.5, 0.6) is 0 Å². The number of pyridine rings is 1. The summed E-state index contributed by atoms with van der Waals surface area (Å²) in [7, 11) is 0. The van der Waals surface area contributed by atoms with Crippen molar-refractivity contribution in [1.29, 1.82) is 5.26 Å². The normalized spacial score (nSPS) is 11.2. The van der Waals surface area contributed by atoms with Gasteiger partial charge in [0.2, 0.25) is 0 Å². The number of H-pyrrole nitrogens is 1. The first kappa shape index (κ1) is 19.4. The second kappa shape index (κ2) is 7.73. The summed E-state index contributed by atoms with van der Waals surface area (Å²) in [6.07, 6.45) is -4.43. The van der Waals surface area contributed by atoms with Crippen molar-refractivity contribution in [3.8, 4) is 17.3 Å². The third kappa shape index (κ3) is 3.99. The van der Waals surface area contributed by atoms with Gasteiger partial charge in [0.05, 0.1) is 11.3 Å². The summed E-state index contributed by atoms with van der Waals surface area (Å²) in [6.45, 7) is 1.82. The minimum atomic E-state index is -4.82. The summed E-state index contributed by atoms with van der Waals surface area (Å²) < 4.78 is 41.6. The topological polar surface area (TPSA) is 56.6 Å². The van der Waals surface area contributed by atoms with Crippen molar-refractivity contribution in [2.45, 2.75) is 25.9 Å². The van der Waals surface area contributed by atoms with Crippen molar-refractivity contribution < 1.29 is 13.2 Å². The number of hydrogen-bond acceptors (Lipinski definition) is 2. The summed E-state index contributed by atoms with van der Waals surface area (Å²) in [5.41, 5.74) is -0.835. The van der Waals surface area contributed by atoms with Crippen molar-refractivity contribution in [3.63, 3.8) is 0 Å². The number of aromatic amines is 1. The molecule has 0 amide bonds. The van der Waals surface area contributed by atoms with Gasteiger partial charge in [-0.25, -0.2) is 0 Å². The number of aromatic nitrogens is 1. The van der Waals surface area contributed by atoms with Gasteiger partial charge in [-0.3, -0.25) is 4.79 Å². The Labute approximate surface area is 160 Å². The van der Waals surface area contributed by atoms with Crippen molar-refractivity contribution in [1.82, 2.24) is 4.98 Å². The molecule has 0 spiro atoms. The lowest BCUT2D eigenvalue weighted by molar-refractivity contribution is -0.138. The molecule has 1 heterocycles. The average Bonchev–Trinajstić information content (AvgIpc) is 2.66. The zero-order valence-electron chi connectivity index (χ0n) is 15.1. The van der Waals surface area contributed by atoms with Crippen LogP contribution in [0.15, 0.2) is 59.4 Å². The fourth-order valence-electron chi connectivity index (χ4n) is 3.27. The fraction of sp³-hybridized carbons (Fsp3) is 0.182. The third-order valence-corrected chi connectivity index (χ3v) is 4.53. The Kier molecular flexibility index (Phi) is 5.36. The third-order valence-electron chi connectivity index (χ3n) is 4.53. The minimum Gasteiger partial charge on any atom is -0.321 e. The van der Waals surface area contributed by atoms with Crippen molar-refractivity contribution >= 4 is 0 Å². The summed E-state index contributed by atoms with van der Waals surface area (Å²) in [5, 5.41) is 9.21. The van der Waals surface area contributed by atoms with Gasteiger partial charge in [0.25, 0.3) is 5.56 Å². The molecule has 0 fully saturated rings. The summed E-state index contributed by atoms with van der Waals surface area (Å²) >= 11 is 0. The van der Waals surface area contributed by atoms with Gasteiger partial charge in [-0.05, 0) is 42.5 Å². The molecule has 0 bridgehead atoms. The molecular weight excluding hydrogens is 365 g/mol. The zero-order valence-corrected chi connectivity index (χ0v) is 15.1. The maximum atomic E-state index is 13.9. The number of aryl methyl sites for hydroxylation is 2. The number of hydrogen-bond donors (Lipinski definition) is 1. The van der Waals surface area contributed by atoms with Crippen LogP contribution in [0.2, 0.25) is 0 Å². The standard InChI is InChI=1S/C22H17F3N2O/c1-14-6-5-9-16(12-14)20-17(11-10-15-7-3-2-4-8-15)19(22(23,24)25)18(13-26)21(28)27-20/h2-9,12H,10-11H2,1H3,(H,27,28). The van der Waals surface area contributed by atoms with Crippen LogP contribution in [0.1, 0.15) is 27.8 Å². The number of nitrogens with zero attached hydrogens (tertiary/aromatic N) is 1. The molecule has 142 valence electrons. The van der Waals surface area contributed by atoms with Gasteiger partial charge in [0, 0.05) is 0 Å². The van der Waals surface area contributed by atoms with E-state index in [1.165, 1.54) is 6.07 Å². The van der Waals surface area contributed by atoms with Crippen molar-refractivity contribution in [2.24, 2.45) is 0 Å². The maximum Gasteiger partial charge on any atom is 0.418 e. The molecule has 1 aromatic heterocycles. The van der Waals surface area contributed by atoms with Crippen molar-refractivity contribution in [3.05, 3.63) is 92.8 Å². The van der Waals surface area contributed by atoms with E-state index in [4.69, 9.17) is 0 Å². The van der Waals surface area contributed by atoms with E-state index < -0.39 is 22.9 Å². The highest BCUT2D eigenvalue weighted by Gasteiger charge is 2.39. The monoisotopic (exact) mass is 382 g/mol. The molecule has 3 rings (SSSR count). The number of nitriles is 1. The molecule has 1 N–H and O–H groups in total. The Hall–Kier alpha value is -3.33. The Balaban J connectivity index is 2.25. The van der Waals surface area contributed by atoms with Gasteiger partial charge in [0.15, 0.2) is 0 Å². The molecule has 0 saturated carbocycles. The lowest BCUT2D eigenvalue weighted by atomic mass is 9.92. The maximum absolute atomic E-state index is 13.9. The quantitative estimate of drug-likeness (QED) is 0.688. The Morgan fingerprint density at radius 1 is 1.04 bits per heavy atom. The second-order valence-corrected chi connectivity index (χ2v) is 6.52. The fourth-order valence-corrected chi connectivity index (χ4v) is 3.27. The number of halogens is 3. The highest BCUT2D eigenvalue weighted by atomic mass is 19.4. The highest BCUT2D eigenvalue weighted by Crippen LogP contribution is 2.37. The van der Waals surface area contributed by atoms with E-state index >= 15 is 0 Å². The van der Waals surface area contributed by atoms with E-state index in [1.807, 2.05) is 43.3 Å². The van der Waals surface area contributed by atoms with Crippen LogP contribution in [0.25, 0.3) is 11.3 Å².